The second-order valence-corrected chi connectivity index (χ2v) is 4.62. The molecule has 1 rings (SSSR count). The summed E-state index contributed by atoms with van der Waals surface area (Å²) in [5.74, 6) is 0.262. The zero-order valence-electron chi connectivity index (χ0n) is 10.2. The molecule has 1 aromatic rings. The van der Waals surface area contributed by atoms with Crippen LogP contribution < -0.4 is 4.74 Å². The van der Waals surface area contributed by atoms with E-state index < -0.39 is 5.97 Å². The molecule has 0 spiro atoms. The lowest BCUT2D eigenvalue weighted by Crippen LogP contribution is -1.99. The second-order valence-electron chi connectivity index (χ2n) is 3.32. The smallest absolute Gasteiger partial charge is 0.330 e. The first kappa shape index (κ1) is 15.1. The summed E-state index contributed by atoms with van der Waals surface area (Å²) in [6, 6.07) is 3.47. The van der Waals surface area contributed by atoms with Crippen molar-refractivity contribution in [3.63, 3.8) is 0 Å². The fourth-order valence-corrected chi connectivity index (χ4v) is 2.30. The summed E-state index contributed by atoms with van der Waals surface area (Å²) in [7, 11) is 0. The number of hydrogen-bond donors (Lipinski definition) is 0. The lowest BCUT2D eigenvalue weighted by atomic mass is 10.2. The van der Waals surface area contributed by atoms with Gasteiger partial charge in [-0.3, -0.25) is 0 Å². The Morgan fingerprint density at radius 3 is 2.72 bits per heavy atom. The molecule has 0 aliphatic rings. The number of rotatable bonds is 5. The molecule has 0 saturated heterocycles. The number of ether oxygens (including phenoxy) is 2. The molecule has 98 valence electrons. The lowest BCUT2D eigenvalue weighted by Gasteiger charge is -2.10. The first-order chi connectivity index (χ1) is 8.58. The van der Waals surface area contributed by atoms with E-state index in [0.29, 0.717) is 24.0 Å². The van der Waals surface area contributed by atoms with Crippen LogP contribution in [-0.2, 0) is 9.53 Å². The molecule has 0 radical (unpaired) electrons. The molecule has 0 atom stereocenters. The molecule has 1 aromatic carbocycles. The van der Waals surface area contributed by atoms with Gasteiger partial charge in [-0.1, -0.05) is 11.6 Å². The zero-order chi connectivity index (χ0) is 13.5. The fraction of sp³-hybridized carbons (Fsp3) is 0.308. The van der Waals surface area contributed by atoms with E-state index in [1.165, 1.54) is 6.08 Å². The SMILES string of the molecule is CCOC(=O)/C=C/c1cc(Cl)cc(Br)c1OCC. The minimum Gasteiger partial charge on any atom is -0.492 e. The maximum atomic E-state index is 11.3. The second kappa shape index (κ2) is 7.44. The summed E-state index contributed by atoms with van der Waals surface area (Å²) in [5.41, 5.74) is 0.726. The number of hydrogen-bond acceptors (Lipinski definition) is 3. The first-order valence-corrected chi connectivity index (χ1v) is 6.72. The van der Waals surface area contributed by atoms with Crippen LogP contribution in [0, 0.1) is 0 Å². The van der Waals surface area contributed by atoms with E-state index >= 15 is 0 Å². The van der Waals surface area contributed by atoms with Crippen molar-refractivity contribution in [1.82, 2.24) is 0 Å². The summed E-state index contributed by atoms with van der Waals surface area (Å²) < 4.78 is 11.1. The zero-order valence-corrected chi connectivity index (χ0v) is 12.5. The minimum atomic E-state index is -0.393. The van der Waals surface area contributed by atoms with E-state index in [4.69, 9.17) is 21.1 Å². The summed E-state index contributed by atoms with van der Waals surface area (Å²) in [6.45, 7) is 4.52. The molecule has 0 aliphatic carbocycles. The van der Waals surface area contributed by atoms with Gasteiger partial charge in [-0.2, -0.15) is 0 Å². The fourth-order valence-electron chi connectivity index (χ4n) is 1.35. The average Bonchev–Trinajstić information content (AvgIpc) is 2.31. The van der Waals surface area contributed by atoms with Crippen LogP contribution in [0.15, 0.2) is 22.7 Å². The minimum absolute atomic E-state index is 0.348. The highest BCUT2D eigenvalue weighted by Gasteiger charge is 2.08. The van der Waals surface area contributed by atoms with Gasteiger partial charge in [-0.15, -0.1) is 0 Å². The summed E-state index contributed by atoms with van der Waals surface area (Å²) >= 11 is 9.34. The van der Waals surface area contributed by atoms with Crippen molar-refractivity contribution < 1.29 is 14.3 Å². The summed E-state index contributed by atoms with van der Waals surface area (Å²) in [4.78, 5) is 11.3. The molecule has 0 bridgehead atoms. The van der Waals surface area contributed by atoms with Crippen LogP contribution in [0.25, 0.3) is 6.08 Å². The van der Waals surface area contributed by atoms with Crippen LogP contribution in [0.1, 0.15) is 19.4 Å². The predicted octanol–water partition coefficient (Wildman–Crippen LogP) is 4.08. The van der Waals surface area contributed by atoms with Gasteiger partial charge in [0, 0.05) is 16.7 Å². The van der Waals surface area contributed by atoms with E-state index in [1.54, 1.807) is 25.1 Å². The third kappa shape index (κ3) is 4.35. The Morgan fingerprint density at radius 2 is 2.11 bits per heavy atom. The number of carbonyl (C=O) groups is 1. The topological polar surface area (TPSA) is 35.5 Å². The Kier molecular flexibility index (Phi) is 6.22. The Hall–Kier alpha value is -1.00. The molecule has 0 fully saturated rings. The Labute approximate surface area is 120 Å². The van der Waals surface area contributed by atoms with E-state index in [1.807, 2.05) is 6.92 Å². The highest BCUT2D eigenvalue weighted by Crippen LogP contribution is 2.33. The lowest BCUT2D eigenvalue weighted by molar-refractivity contribution is -0.137. The summed E-state index contributed by atoms with van der Waals surface area (Å²) in [6.07, 6.45) is 2.98. The van der Waals surface area contributed by atoms with E-state index in [9.17, 15) is 4.79 Å². The number of carbonyl (C=O) groups excluding carboxylic acids is 1. The maximum Gasteiger partial charge on any atom is 0.330 e. The van der Waals surface area contributed by atoms with Gasteiger partial charge >= 0.3 is 5.97 Å². The van der Waals surface area contributed by atoms with Crippen LogP contribution in [0.3, 0.4) is 0 Å². The maximum absolute atomic E-state index is 11.3. The van der Waals surface area contributed by atoms with Crippen LogP contribution >= 0.6 is 27.5 Å². The van der Waals surface area contributed by atoms with Crippen molar-refractivity contribution in [2.45, 2.75) is 13.8 Å². The quantitative estimate of drug-likeness (QED) is 0.602. The third-order valence-corrected chi connectivity index (χ3v) is 2.82. The van der Waals surface area contributed by atoms with Gasteiger partial charge in [0.15, 0.2) is 0 Å². The van der Waals surface area contributed by atoms with Gasteiger partial charge < -0.3 is 9.47 Å². The molecule has 18 heavy (non-hydrogen) atoms. The number of esters is 1. The van der Waals surface area contributed by atoms with Gasteiger partial charge in [0.2, 0.25) is 0 Å². The predicted molar refractivity (Wildman–Crippen MR) is 76.0 cm³/mol. The molecule has 0 unspecified atom stereocenters. The average molecular weight is 334 g/mol. The van der Waals surface area contributed by atoms with Crippen molar-refractivity contribution in [1.29, 1.82) is 0 Å². The Balaban J connectivity index is 3.02. The van der Waals surface area contributed by atoms with Gasteiger partial charge in [0.1, 0.15) is 5.75 Å². The van der Waals surface area contributed by atoms with Crippen LogP contribution in [0.2, 0.25) is 5.02 Å². The molecule has 3 nitrogen and oxygen atoms in total. The molecule has 0 heterocycles. The van der Waals surface area contributed by atoms with E-state index in [0.717, 1.165) is 10.0 Å². The molecule has 0 amide bonds. The Morgan fingerprint density at radius 1 is 1.39 bits per heavy atom. The van der Waals surface area contributed by atoms with Gasteiger partial charge in [0.05, 0.1) is 17.7 Å². The Bertz CT molecular complexity index is 458. The normalized spacial score (nSPS) is 10.7. The monoisotopic (exact) mass is 332 g/mol. The molecular formula is C13H14BrClO3. The molecule has 0 saturated carbocycles. The van der Waals surface area contributed by atoms with Gasteiger partial charge in [-0.05, 0) is 48.0 Å². The standard InChI is InChI=1S/C13H14BrClO3/c1-3-17-12(16)6-5-9-7-10(15)8-11(14)13(9)18-4-2/h5-8H,3-4H2,1-2H3/b6-5+. The van der Waals surface area contributed by atoms with Crippen LogP contribution in [0.5, 0.6) is 5.75 Å². The third-order valence-electron chi connectivity index (χ3n) is 2.01. The highest BCUT2D eigenvalue weighted by molar-refractivity contribution is 9.10. The number of benzene rings is 1. The van der Waals surface area contributed by atoms with Gasteiger partial charge in [-0.25, -0.2) is 4.79 Å². The molecule has 5 heteroatoms. The van der Waals surface area contributed by atoms with Crippen molar-refractivity contribution in [3.05, 3.63) is 33.3 Å². The highest BCUT2D eigenvalue weighted by atomic mass is 79.9. The molecular weight excluding hydrogens is 319 g/mol. The van der Waals surface area contributed by atoms with E-state index in [-0.39, 0.29) is 0 Å². The largest absolute Gasteiger partial charge is 0.492 e. The molecule has 0 N–H and O–H groups in total. The van der Waals surface area contributed by atoms with Crippen molar-refractivity contribution >= 4 is 39.6 Å². The van der Waals surface area contributed by atoms with Gasteiger partial charge in [0.25, 0.3) is 0 Å². The van der Waals surface area contributed by atoms with Crippen LogP contribution in [0.4, 0.5) is 0 Å². The van der Waals surface area contributed by atoms with E-state index in [2.05, 4.69) is 15.9 Å². The van der Waals surface area contributed by atoms with Crippen molar-refractivity contribution in [2.75, 3.05) is 13.2 Å². The molecule has 0 aromatic heterocycles. The summed E-state index contributed by atoms with van der Waals surface area (Å²) in [5, 5.41) is 0.564. The first-order valence-electron chi connectivity index (χ1n) is 5.55. The number of halogens is 2. The van der Waals surface area contributed by atoms with Crippen molar-refractivity contribution in [2.24, 2.45) is 0 Å². The molecule has 0 aliphatic heterocycles. The van der Waals surface area contributed by atoms with Crippen molar-refractivity contribution in [3.8, 4) is 5.75 Å². The van der Waals surface area contributed by atoms with Crippen LogP contribution in [-0.4, -0.2) is 19.2 Å².